The molecule has 1 aromatic heterocycles. The maximum Gasteiger partial charge on any atom is 0.574 e. The summed E-state index contributed by atoms with van der Waals surface area (Å²) in [6.45, 7) is 1.45. The van der Waals surface area contributed by atoms with Gasteiger partial charge >= 0.3 is 6.36 Å². The van der Waals surface area contributed by atoms with Gasteiger partial charge in [-0.1, -0.05) is 6.07 Å². The second-order valence-electron chi connectivity index (χ2n) is 2.81. The number of aromatic nitrogens is 1. The summed E-state index contributed by atoms with van der Waals surface area (Å²) in [4.78, 5) is 3.58. The molecule has 0 aromatic carbocycles. The molecule has 6 heteroatoms. The van der Waals surface area contributed by atoms with E-state index in [1.54, 1.807) is 6.07 Å². The highest BCUT2D eigenvalue weighted by atomic mass is 19.4. The van der Waals surface area contributed by atoms with Crippen LogP contribution < -0.4 is 4.74 Å². The average Bonchev–Trinajstić information content (AvgIpc) is 2.09. The highest BCUT2D eigenvalue weighted by Gasteiger charge is 2.32. The molecule has 80 valence electrons. The average molecular weight is 216 g/mol. The van der Waals surface area contributed by atoms with Crippen LogP contribution in [0.25, 0.3) is 0 Å². The minimum absolute atomic E-state index is 0.0471. The van der Waals surface area contributed by atoms with E-state index in [0.29, 0.717) is 0 Å². The molecular formula is C9H7F3N2O. The Morgan fingerprint density at radius 2 is 2.13 bits per heavy atom. The van der Waals surface area contributed by atoms with Crippen molar-refractivity contribution in [1.29, 1.82) is 5.26 Å². The van der Waals surface area contributed by atoms with Crippen molar-refractivity contribution < 1.29 is 17.9 Å². The number of hydrogen-bond acceptors (Lipinski definition) is 3. The van der Waals surface area contributed by atoms with Gasteiger partial charge in [0.15, 0.2) is 0 Å². The Labute approximate surface area is 84.1 Å². The van der Waals surface area contributed by atoms with Gasteiger partial charge < -0.3 is 4.74 Å². The van der Waals surface area contributed by atoms with Crippen molar-refractivity contribution in [1.82, 2.24) is 4.98 Å². The first-order valence-electron chi connectivity index (χ1n) is 4.01. The SMILES string of the molecule is Cc1ccc(CC#N)nc1OC(F)(F)F. The fourth-order valence-electron chi connectivity index (χ4n) is 0.941. The number of ether oxygens (including phenoxy) is 1. The van der Waals surface area contributed by atoms with Crippen LogP contribution in [-0.2, 0) is 6.42 Å². The lowest BCUT2D eigenvalue weighted by Crippen LogP contribution is -2.19. The lowest BCUT2D eigenvalue weighted by molar-refractivity contribution is -0.276. The van der Waals surface area contributed by atoms with Gasteiger partial charge in [0, 0.05) is 5.56 Å². The third-order valence-corrected chi connectivity index (χ3v) is 1.58. The first-order chi connectivity index (χ1) is 6.92. The molecular weight excluding hydrogens is 209 g/mol. The molecule has 0 aliphatic rings. The number of alkyl halides is 3. The lowest BCUT2D eigenvalue weighted by Gasteiger charge is -2.10. The summed E-state index contributed by atoms with van der Waals surface area (Å²) in [6, 6.07) is 4.71. The first-order valence-corrected chi connectivity index (χ1v) is 4.01. The van der Waals surface area contributed by atoms with Crippen LogP contribution in [0.1, 0.15) is 11.3 Å². The Morgan fingerprint density at radius 3 is 2.67 bits per heavy atom. The molecule has 15 heavy (non-hydrogen) atoms. The molecule has 0 saturated heterocycles. The van der Waals surface area contributed by atoms with Gasteiger partial charge in [-0.2, -0.15) is 5.26 Å². The van der Waals surface area contributed by atoms with E-state index < -0.39 is 12.2 Å². The van der Waals surface area contributed by atoms with Gasteiger partial charge in [-0.25, -0.2) is 4.98 Å². The van der Waals surface area contributed by atoms with Crippen molar-refractivity contribution in [2.75, 3.05) is 0 Å². The van der Waals surface area contributed by atoms with Gasteiger partial charge in [0.1, 0.15) is 0 Å². The first kappa shape index (κ1) is 11.3. The van der Waals surface area contributed by atoms with E-state index in [-0.39, 0.29) is 17.7 Å². The third kappa shape index (κ3) is 3.46. The van der Waals surface area contributed by atoms with E-state index in [9.17, 15) is 13.2 Å². The zero-order valence-electron chi connectivity index (χ0n) is 7.80. The van der Waals surface area contributed by atoms with Crippen LogP contribution in [0.4, 0.5) is 13.2 Å². The zero-order chi connectivity index (χ0) is 11.5. The Morgan fingerprint density at radius 1 is 1.47 bits per heavy atom. The van der Waals surface area contributed by atoms with E-state index in [2.05, 4.69) is 9.72 Å². The molecule has 1 aromatic rings. The highest BCUT2D eigenvalue weighted by Crippen LogP contribution is 2.24. The summed E-state index contributed by atoms with van der Waals surface area (Å²) in [5.74, 6) is -0.504. The number of halogens is 3. The molecule has 0 fully saturated rings. The molecule has 3 nitrogen and oxygen atoms in total. The number of rotatable bonds is 2. The summed E-state index contributed by atoms with van der Waals surface area (Å²) >= 11 is 0. The standard InChI is InChI=1S/C9H7F3N2O/c1-6-2-3-7(4-5-13)14-8(6)15-9(10,11)12/h2-3H,4H2,1H3. The maximum atomic E-state index is 11.9. The van der Waals surface area contributed by atoms with Crippen LogP contribution in [0.5, 0.6) is 5.88 Å². The number of aryl methyl sites for hydroxylation is 1. The summed E-state index contributed by atoms with van der Waals surface area (Å²) in [6.07, 6.45) is -4.81. The van der Waals surface area contributed by atoms with Gasteiger partial charge in [-0.3, -0.25) is 0 Å². The van der Waals surface area contributed by atoms with Crippen molar-refractivity contribution in [3.63, 3.8) is 0 Å². The fourth-order valence-corrected chi connectivity index (χ4v) is 0.941. The molecule has 0 unspecified atom stereocenters. The van der Waals surface area contributed by atoms with Crippen molar-refractivity contribution in [3.8, 4) is 11.9 Å². The maximum absolute atomic E-state index is 11.9. The summed E-state index contributed by atoms with van der Waals surface area (Å²) in [5.41, 5.74) is 0.524. The van der Waals surface area contributed by atoms with Crippen molar-refractivity contribution in [2.24, 2.45) is 0 Å². The van der Waals surface area contributed by atoms with Crippen molar-refractivity contribution in [2.45, 2.75) is 19.7 Å². The molecule has 0 radical (unpaired) electrons. The Balaban J connectivity index is 2.96. The molecule has 0 saturated carbocycles. The Hall–Kier alpha value is -1.77. The van der Waals surface area contributed by atoms with E-state index in [1.165, 1.54) is 19.1 Å². The van der Waals surface area contributed by atoms with Crippen LogP contribution in [0.15, 0.2) is 12.1 Å². The third-order valence-electron chi connectivity index (χ3n) is 1.58. The van der Waals surface area contributed by atoms with Crippen molar-refractivity contribution in [3.05, 3.63) is 23.4 Å². The molecule has 0 aliphatic carbocycles. The van der Waals surface area contributed by atoms with Gasteiger partial charge in [-0.15, -0.1) is 13.2 Å². The van der Waals surface area contributed by atoms with E-state index >= 15 is 0 Å². The van der Waals surface area contributed by atoms with Crippen LogP contribution in [0.3, 0.4) is 0 Å². The quantitative estimate of drug-likeness (QED) is 0.762. The monoisotopic (exact) mass is 216 g/mol. The number of nitrogens with zero attached hydrogens (tertiary/aromatic N) is 2. The summed E-state index contributed by atoms with van der Waals surface area (Å²) < 4.78 is 39.4. The molecule has 0 N–H and O–H groups in total. The fraction of sp³-hybridized carbons (Fsp3) is 0.333. The summed E-state index contributed by atoms with van der Waals surface area (Å²) in [7, 11) is 0. The van der Waals surface area contributed by atoms with E-state index in [4.69, 9.17) is 5.26 Å². The van der Waals surface area contributed by atoms with Gasteiger partial charge in [-0.05, 0) is 13.0 Å². The van der Waals surface area contributed by atoms with Crippen molar-refractivity contribution >= 4 is 0 Å². The summed E-state index contributed by atoms with van der Waals surface area (Å²) in [5, 5.41) is 8.36. The number of hydrogen-bond donors (Lipinski definition) is 0. The van der Waals surface area contributed by atoms with Gasteiger partial charge in [0.05, 0.1) is 18.2 Å². The van der Waals surface area contributed by atoms with Crippen LogP contribution in [0.2, 0.25) is 0 Å². The van der Waals surface area contributed by atoms with E-state index in [0.717, 1.165) is 0 Å². The second-order valence-corrected chi connectivity index (χ2v) is 2.81. The molecule has 1 rings (SSSR count). The Kier molecular flexibility index (Phi) is 3.14. The normalized spacial score (nSPS) is 10.9. The minimum atomic E-state index is -4.76. The predicted octanol–water partition coefficient (Wildman–Crippen LogP) is 2.35. The largest absolute Gasteiger partial charge is 0.574 e. The number of nitriles is 1. The number of pyridine rings is 1. The lowest BCUT2D eigenvalue weighted by atomic mass is 10.2. The zero-order valence-corrected chi connectivity index (χ0v) is 7.80. The van der Waals surface area contributed by atoms with E-state index in [1.807, 2.05) is 0 Å². The smallest absolute Gasteiger partial charge is 0.388 e. The molecule has 0 aliphatic heterocycles. The minimum Gasteiger partial charge on any atom is -0.388 e. The highest BCUT2D eigenvalue weighted by molar-refractivity contribution is 5.27. The predicted molar refractivity (Wildman–Crippen MR) is 45.0 cm³/mol. The molecule has 0 spiro atoms. The second kappa shape index (κ2) is 4.17. The van der Waals surface area contributed by atoms with Gasteiger partial charge in [0.25, 0.3) is 0 Å². The van der Waals surface area contributed by atoms with Crippen LogP contribution in [-0.4, -0.2) is 11.3 Å². The van der Waals surface area contributed by atoms with Crippen LogP contribution >= 0.6 is 0 Å². The van der Waals surface area contributed by atoms with Gasteiger partial charge in [0.2, 0.25) is 5.88 Å². The molecule has 0 atom stereocenters. The topological polar surface area (TPSA) is 45.9 Å². The molecule has 0 bridgehead atoms. The van der Waals surface area contributed by atoms with Crippen LogP contribution in [0, 0.1) is 18.3 Å². The Bertz CT molecular complexity index is 395. The molecule has 1 heterocycles. The molecule has 0 amide bonds.